The van der Waals surface area contributed by atoms with Crippen LogP contribution in [-0.2, 0) is 10.0 Å². The van der Waals surface area contributed by atoms with Crippen LogP contribution in [0.4, 0.5) is 13.2 Å². The number of hydrogen-bond acceptors (Lipinski definition) is 4. The summed E-state index contributed by atoms with van der Waals surface area (Å²) in [5.41, 5.74) is 0. The van der Waals surface area contributed by atoms with Crippen LogP contribution < -0.4 is 9.47 Å². The van der Waals surface area contributed by atoms with E-state index in [9.17, 15) is 21.6 Å². The van der Waals surface area contributed by atoms with Crippen LogP contribution in [0.15, 0.2) is 23.1 Å². The van der Waals surface area contributed by atoms with Crippen molar-refractivity contribution in [2.45, 2.75) is 36.4 Å². The van der Waals surface area contributed by atoms with E-state index in [1.54, 1.807) is 0 Å². The van der Waals surface area contributed by atoms with Gasteiger partial charge in [-0.25, -0.2) is 8.42 Å². The van der Waals surface area contributed by atoms with E-state index in [1.807, 2.05) is 0 Å². The summed E-state index contributed by atoms with van der Waals surface area (Å²) in [7, 11) is -1.56. The van der Waals surface area contributed by atoms with Crippen LogP contribution in [0.1, 0.15) is 19.3 Å². The summed E-state index contributed by atoms with van der Waals surface area (Å²) in [6, 6.07) is 1.77. The van der Waals surface area contributed by atoms with Crippen molar-refractivity contribution in [2.75, 3.05) is 20.8 Å². The lowest BCUT2D eigenvalue weighted by atomic mass is 10.0. The fourth-order valence-electron chi connectivity index (χ4n) is 2.63. The van der Waals surface area contributed by atoms with Crippen LogP contribution >= 0.6 is 0 Å². The zero-order valence-electron chi connectivity index (χ0n) is 12.8. The van der Waals surface area contributed by atoms with Gasteiger partial charge in [0, 0.05) is 12.6 Å². The van der Waals surface area contributed by atoms with Crippen molar-refractivity contribution in [3.63, 3.8) is 0 Å². The van der Waals surface area contributed by atoms with Gasteiger partial charge in [-0.15, -0.1) is 0 Å². The minimum absolute atomic E-state index is 0.147. The lowest BCUT2D eigenvalue weighted by Crippen LogP contribution is -2.51. The van der Waals surface area contributed by atoms with Crippen molar-refractivity contribution < 1.29 is 31.1 Å². The molecule has 1 aromatic rings. The maximum atomic E-state index is 13.2. The van der Waals surface area contributed by atoms with Crippen LogP contribution in [-0.4, -0.2) is 45.7 Å². The van der Waals surface area contributed by atoms with E-state index in [0.717, 1.165) is 0 Å². The van der Waals surface area contributed by atoms with Gasteiger partial charge in [0.2, 0.25) is 10.0 Å². The van der Waals surface area contributed by atoms with Gasteiger partial charge in [-0.05, 0) is 25.0 Å². The summed E-state index contributed by atoms with van der Waals surface area (Å²) >= 11 is 0. The van der Waals surface area contributed by atoms with E-state index in [0.29, 0.717) is 22.9 Å². The summed E-state index contributed by atoms with van der Waals surface area (Å²) in [6.07, 6.45) is -4.07. The van der Waals surface area contributed by atoms with Crippen molar-refractivity contribution in [1.29, 1.82) is 0 Å². The second-order valence-electron chi connectivity index (χ2n) is 5.19. The highest BCUT2D eigenvalue weighted by Crippen LogP contribution is 2.37. The zero-order valence-corrected chi connectivity index (χ0v) is 13.6. The number of halogens is 3. The van der Waals surface area contributed by atoms with Crippen LogP contribution in [0.2, 0.25) is 0 Å². The fraction of sp³-hybridized carbons (Fsp3) is 0.571. The van der Waals surface area contributed by atoms with E-state index < -0.39 is 22.2 Å². The first-order valence-corrected chi connectivity index (χ1v) is 8.46. The lowest BCUT2D eigenvalue weighted by molar-refractivity contribution is -0.177. The summed E-state index contributed by atoms with van der Waals surface area (Å²) in [4.78, 5) is -0.244. The monoisotopic (exact) mass is 353 g/mol. The van der Waals surface area contributed by atoms with Gasteiger partial charge in [0.05, 0.1) is 19.1 Å². The normalized spacial score (nSPS) is 20.3. The molecule has 1 aliphatic heterocycles. The first kappa shape index (κ1) is 17.9. The molecule has 0 saturated carbocycles. The minimum atomic E-state index is -4.59. The fourth-order valence-corrected chi connectivity index (χ4v) is 4.33. The Labute approximate surface area is 133 Å². The van der Waals surface area contributed by atoms with Gasteiger partial charge >= 0.3 is 6.18 Å². The SMILES string of the molecule is COc1ccc(S(=O)(=O)N2CCCCC2C(F)(F)F)cc1OC. The molecule has 1 unspecified atom stereocenters. The highest BCUT2D eigenvalue weighted by molar-refractivity contribution is 7.89. The summed E-state index contributed by atoms with van der Waals surface area (Å²) in [5.74, 6) is 0.451. The number of alkyl halides is 3. The Kier molecular flexibility index (Phi) is 5.10. The topological polar surface area (TPSA) is 55.8 Å². The number of sulfonamides is 1. The molecule has 0 aromatic heterocycles. The Balaban J connectivity index is 2.44. The summed E-state index contributed by atoms with van der Waals surface area (Å²) in [5, 5.41) is 0. The minimum Gasteiger partial charge on any atom is -0.493 e. The molecule has 1 aromatic carbocycles. The number of rotatable bonds is 4. The van der Waals surface area contributed by atoms with Crippen molar-refractivity contribution >= 4 is 10.0 Å². The van der Waals surface area contributed by atoms with Gasteiger partial charge in [-0.3, -0.25) is 0 Å². The van der Waals surface area contributed by atoms with Gasteiger partial charge in [-0.1, -0.05) is 6.42 Å². The number of piperidine rings is 1. The zero-order chi connectivity index (χ0) is 17.3. The molecule has 0 radical (unpaired) electrons. The molecule has 2 rings (SSSR count). The number of hydrogen-bond donors (Lipinski definition) is 0. The molecular weight excluding hydrogens is 335 g/mol. The molecule has 0 spiro atoms. The van der Waals surface area contributed by atoms with Crippen molar-refractivity contribution in [2.24, 2.45) is 0 Å². The van der Waals surface area contributed by atoms with Crippen molar-refractivity contribution in [1.82, 2.24) is 4.31 Å². The summed E-state index contributed by atoms with van der Waals surface area (Å²) in [6.45, 7) is -0.152. The Hall–Kier alpha value is -1.48. The van der Waals surface area contributed by atoms with Gasteiger partial charge < -0.3 is 9.47 Å². The predicted molar refractivity (Wildman–Crippen MR) is 77.1 cm³/mol. The highest BCUT2D eigenvalue weighted by atomic mass is 32.2. The van der Waals surface area contributed by atoms with Crippen LogP contribution in [0.3, 0.4) is 0 Å². The van der Waals surface area contributed by atoms with Gasteiger partial charge in [0.15, 0.2) is 11.5 Å². The second-order valence-corrected chi connectivity index (χ2v) is 7.08. The van der Waals surface area contributed by atoms with Crippen LogP contribution in [0, 0.1) is 0 Å². The van der Waals surface area contributed by atoms with E-state index in [2.05, 4.69) is 0 Å². The van der Waals surface area contributed by atoms with Gasteiger partial charge in [-0.2, -0.15) is 17.5 Å². The average Bonchev–Trinajstić information content (AvgIpc) is 2.53. The summed E-state index contributed by atoms with van der Waals surface area (Å²) < 4.78 is 75.3. The number of nitrogens with zero attached hydrogens (tertiary/aromatic N) is 1. The third-order valence-corrected chi connectivity index (χ3v) is 5.70. The van der Waals surface area contributed by atoms with Crippen LogP contribution in [0.25, 0.3) is 0 Å². The molecule has 0 bridgehead atoms. The molecule has 130 valence electrons. The largest absolute Gasteiger partial charge is 0.493 e. The number of benzene rings is 1. The average molecular weight is 353 g/mol. The van der Waals surface area contributed by atoms with E-state index in [1.165, 1.54) is 32.4 Å². The molecule has 0 N–H and O–H groups in total. The Bertz CT molecular complexity index is 660. The second kappa shape index (κ2) is 6.56. The van der Waals surface area contributed by atoms with Crippen molar-refractivity contribution in [3.05, 3.63) is 18.2 Å². The highest BCUT2D eigenvalue weighted by Gasteiger charge is 2.49. The molecule has 1 saturated heterocycles. The predicted octanol–water partition coefficient (Wildman–Crippen LogP) is 2.81. The molecule has 1 atom stereocenters. The number of methoxy groups -OCH3 is 2. The Morgan fingerprint density at radius 3 is 2.35 bits per heavy atom. The molecule has 1 fully saturated rings. The van der Waals surface area contributed by atoms with Crippen LogP contribution in [0.5, 0.6) is 11.5 Å². The maximum absolute atomic E-state index is 13.2. The quantitative estimate of drug-likeness (QED) is 0.835. The van der Waals surface area contributed by atoms with E-state index >= 15 is 0 Å². The molecular formula is C14H18F3NO4S. The molecule has 5 nitrogen and oxygen atoms in total. The Morgan fingerprint density at radius 1 is 1.13 bits per heavy atom. The van der Waals surface area contributed by atoms with E-state index in [-0.39, 0.29) is 23.6 Å². The van der Waals surface area contributed by atoms with Crippen molar-refractivity contribution in [3.8, 4) is 11.5 Å². The standard InChI is InChI=1S/C14H18F3NO4S/c1-21-11-7-6-10(9-12(11)22-2)23(19,20)18-8-4-3-5-13(18)14(15,16)17/h6-7,9,13H,3-5,8H2,1-2H3. The molecule has 9 heteroatoms. The first-order valence-electron chi connectivity index (χ1n) is 7.02. The molecule has 0 aliphatic carbocycles. The molecule has 23 heavy (non-hydrogen) atoms. The Morgan fingerprint density at radius 2 is 1.78 bits per heavy atom. The molecule has 1 heterocycles. The lowest BCUT2D eigenvalue weighted by Gasteiger charge is -2.35. The molecule has 0 amide bonds. The first-order chi connectivity index (χ1) is 10.7. The smallest absolute Gasteiger partial charge is 0.405 e. The molecule has 1 aliphatic rings. The third kappa shape index (κ3) is 3.55. The van der Waals surface area contributed by atoms with E-state index in [4.69, 9.17) is 9.47 Å². The van der Waals surface area contributed by atoms with Gasteiger partial charge in [0.25, 0.3) is 0 Å². The third-order valence-electron chi connectivity index (χ3n) is 3.79. The maximum Gasteiger partial charge on any atom is 0.405 e. The number of ether oxygens (including phenoxy) is 2. The van der Waals surface area contributed by atoms with Gasteiger partial charge in [0.1, 0.15) is 6.04 Å².